The van der Waals surface area contributed by atoms with Gasteiger partial charge < -0.3 is 25.3 Å². The molecule has 1 heterocycles. The predicted octanol–water partition coefficient (Wildman–Crippen LogP) is 1.88. The molecule has 8 heteroatoms. The van der Waals surface area contributed by atoms with Crippen LogP contribution in [0.15, 0.2) is 24.3 Å². The highest BCUT2D eigenvalue weighted by Gasteiger charge is 2.16. The van der Waals surface area contributed by atoms with Gasteiger partial charge in [-0.2, -0.15) is 5.26 Å². The number of amides is 1. The van der Waals surface area contributed by atoms with Crippen molar-refractivity contribution in [2.24, 2.45) is 0 Å². The topological polar surface area (TPSA) is 119 Å². The van der Waals surface area contributed by atoms with E-state index in [1.807, 2.05) is 6.07 Å². The van der Waals surface area contributed by atoms with E-state index in [4.69, 9.17) is 25.2 Å². The number of nitrogens with one attached hydrogen (secondary N) is 1. The van der Waals surface area contributed by atoms with Gasteiger partial charge in [0, 0.05) is 18.2 Å². The number of nitrogen functional groups attached to an aromatic ring is 1. The molecule has 0 radical (unpaired) electrons. The number of aromatic nitrogens is 1. The Morgan fingerprint density at radius 2 is 2.08 bits per heavy atom. The van der Waals surface area contributed by atoms with Crippen LogP contribution in [0.2, 0.25) is 0 Å². The first kappa shape index (κ1) is 18.9. The Balaban J connectivity index is 2.19. The van der Waals surface area contributed by atoms with Crippen molar-refractivity contribution in [1.82, 2.24) is 10.3 Å². The molecule has 2 rings (SSSR count). The van der Waals surface area contributed by atoms with Crippen LogP contribution in [0.25, 0.3) is 0 Å². The van der Waals surface area contributed by atoms with Crippen LogP contribution in [0.3, 0.4) is 0 Å². The summed E-state index contributed by atoms with van der Waals surface area (Å²) in [6.07, 6.45) is 0. The molecule has 0 atom stereocenters. The summed E-state index contributed by atoms with van der Waals surface area (Å²) in [5.41, 5.74) is 6.92. The number of pyridine rings is 1. The Labute approximate surface area is 151 Å². The lowest BCUT2D eigenvalue weighted by Crippen LogP contribution is -2.24. The zero-order chi connectivity index (χ0) is 19.1. The molecule has 0 fully saturated rings. The van der Waals surface area contributed by atoms with E-state index in [0.29, 0.717) is 18.1 Å². The Morgan fingerprint density at radius 1 is 1.31 bits per heavy atom. The van der Waals surface area contributed by atoms with Gasteiger partial charge in [-0.15, -0.1) is 0 Å². The van der Waals surface area contributed by atoms with Gasteiger partial charge in [-0.3, -0.25) is 4.79 Å². The number of anilines is 1. The fraction of sp³-hybridized carbons (Fsp3) is 0.278. The molecule has 0 aliphatic carbocycles. The Bertz CT molecular complexity index is 846. The molecule has 8 nitrogen and oxygen atoms in total. The van der Waals surface area contributed by atoms with Crippen LogP contribution in [0.1, 0.15) is 28.5 Å². The van der Waals surface area contributed by atoms with Gasteiger partial charge in [-0.25, -0.2) is 4.98 Å². The van der Waals surface area contributed by atoms with Gasteiger partial charge in [0.25, 0.3) is 5.91 Å². The highest BCUT2D eigenvalue weighted by atomic mass is 16.5. The summed E-state index contributed by atoms with van der Waals surface area (Å²) < 4.78 is 15.7. The van der Waals surface area contributed by atoms with E-state index >= 15 is 0 Å². The van der Waals surface area contributed by atoms with Crippen molar-refractivity contribution in [1.29, 1.82) is 5.26 Å². The second-order valence-electron chi connectivity index (χ2n) is 5.18. The third-order valence-electron chi connectivity index (χ3n) is 3.58. The van der Waals surface area contributed by atoms with Gasteiger partial charge in [0.15, 0.2) is 0 Å². The quantitative estimate of drug-likeness (QED) is 0.777. The lowest BCUT2D eigenvalue weighted by Gasteiger charge is -2.12. The fourth-order valence-corrected chi connectivity index (χ4v) is 2.27. The zero-order valence-electron chi connectivity index (χ0n) is 14.8. The van der Waals surface area contributed by atoms with E-state index in [-0.39, 0.29) is 29.4 Å². The number of nitriles is 1. The zero-order valence-corrected chi connectivity index (χ0v) is 14.8. The first-order chi connectivity index (χ1) is 12.5. The second kappa shape index (κ2) is 8.58. The molecule has 0 aliphatic rings. The number of nitrogens with two attached hydrogens (primary N) is 1. The molecule has 0 spiro atoms. The van der Waals surface area contributed by atoms with Gasteiger partial charge in [-0.05, 0) is 25.1 Å². The lowest BCUT2D eigenvalue weighted by molar-refractivity contribution is 0.0944. The molecule has 0 saturated carbocycles. The van der Waals surface area contributed by atoms with E-state index in [2.05, 4.69) is 10.3 Å². The van der Waals surface area contributed by atoms with Gasteiger partial charge in [0.1, 0.15) is 28.8 Å². The minimum atomic E-state index is -0.444. The van der Waals surface area contributed by atoms with E-state index in [0.717, 1.165) is 5.56 Å². The van der Waals surface area contributed by atoms with Crippen LogP contribution >= 0.6 is 0 Å². The molecular formula is C18H20N4O4. The Morgan fingerprint density at radius 3 is 2.69 bits per heavy atom. The van der Waals surface area contributed by atoms with Crippen molar-refractivity contribution < 1.29 is 19.0 Å². The molecule has 0 aliphatic heterocycles. The lowest BCUT2D eigenvalue weighted by atomic mass is 10.1. The molecule has 2 aromatic rings. The summed E-state index contributed by atoms with van der Waals surface area (Å²) >= 11 is 0. The number of ether oxygens (including phenoxy) is 3. The maximum Gasteiger partial charge on any atom is 0.270 e. The summed E-state index contributed by atoms with van der Waals surface area (Å²) in [5.74, 6) is 0.842. The Hall–Kier alpha value is -3.47. The third-order valence-corrected chi connectivity index (χ3v) is 3.58. The van der Waals surface area contributed by atoms with Crippen LogP contribution in [-0.4, -0.2) is 31.7 Å². The summed E-state index contributed by atoms with van der Waals surface area (Å²) in [4.78, 5) is 16.5. The van der Waals surface area contributed by atoms with E-state index in [1.165, 1.54) is 13.2 Å². The molecule has 0 saturated heterocycles. The normalized spacial score (nSPS) is 9.92. The average Bonchev–Trinajstić information content (AvgIpc) is 2.65. The van der Waals surface area contributed by atoms with Crippen LogP contribution < -0.4 is 25.3 Å². The molecule has 1 amide bonds. The monoisotopic (exact) mass is 356 g/mol. The molecule has 1 aromatic carbocycles. The number of rotatable bonds is 7. The number of nitrogens with zero attached hydrogens (tertiary/aromatic N) is 2. The van der Waals surface area contributed by atoms with E-state index in [1.54, 1.807) is 32.2 Å². The Kier molecular flexibility index (Phi) is 6.22. The highest BCUT2D eigenvalue weighted by molar-refractivity contribution is 5.93. The molecule has 0 unspecified atom stereocenters. The number of hydrogen-bond donors (Lipinski definition) is 2. The number of methoxy groups -OCH3 is 2. The summed E-state index contributed by atoms with van der Waals surface area (Å²) in [5, 5.41) is 11.9. The van der Waals surface area contributed by atoms with Crippen LogP contribution in [0, 0.1) is 11.3 Å². The summed E-state index contributed by atoms with van der Waals surface area (Å²) in [6, 6.07) is 8.57. The number of carbonyl (C=O) groups is 1. The number of carbonyl (C=O) groups excluding carboxylic acids is 1. The van der Waals surface area contributed by atoms with Crippen molar-refractivity contribution in [2.75, 3.05) is 26.6 Å². The summed E-state index contributed by atoms with van der Waals surface area (Å²) in [7, 11) is 3.10. The maximum absolute atomic E-state index is 12.4. The smallest absolute Gasteiger partial charge is 0.270 e. The van der Waals surface area contributed by atoms with Crippen molar-refractivity contribution in [3.63, 3.8) is 0 Å². The first-order valence-electron chi connectivity index (χ1n) is 7.86. The molecule has 26 heavy (non-hydrogen) atoms. The van der Waals surface area contributed by atoms with Crippen LogP contribution in [-0.2, 0) is 6.54 Å². The van der Waals surface area contributed by atoms with E-state index in [9.17, 15) is 4.79 Å². The number of benzene rings is 1. The van der Waals surface area contributed by atoms with Gasteiger partial charge >= 0.3 is 0 Å². The largest absolute Gasteiger partial charge is 0.497 e. The standard InChI is InChI=1S/C18H20N4O4/c1-4-26-18-13(9-19)14(20)8-15(22-18)17(23)21-10-11-5-6-12(24-2)7-16(11)25-3/h5-8H,4,10H2,1-3H3,(H2,20,22)(H,21,23). The van der Waals surface area contributed by atoms with Gasteiger partial charge in [0.05, 0.1) is 26.5 Å². The predicted molar refractivity (Wildman–Crippen MR) is 95.2 cm³/mol. The van der Waals surface area contributed by atoms with Gasteiger partial charge in [0.2, 0.25) is 5.88 Å². The molecule has 136 valence electrons. The van der Waals surface area contributed by atoms with Crippen molar-refractivity contribution in [2.45, 2.75) is 13.5 Å². The average molecular weight is 356 g/mol. The minimum Gasteiger partial charge on any atom is -0.497 e. The van der Waals surface area contributed by atoms with Crippen molar-refractivity contribution in [3.05, 3.63) is 41.1 Å². The van der Waals surface area contributed by atoms with Crippen molar-refractivity contribution in [3.8, 4) is 23.4 Å². The fourth-order valence-electron chi connectivity index (χ4n) is 2.27. The minimum absolute atomic E-state index is 0.0437. The van der Waals surface area contributed by atoms with Crippen LogP contribution in [0.5, 0.6) is 17.4 Å². The number of hydrogen-bond acceptors (Lipinski definition) is 7. The van der Waals surface area contributed by atoms with E-state index < -0.39 is 5.91 Å². The van der Waals surface area contributed by atoms with Gasteiger partial charge in [-0.1, -0.05) is 0 Å². The third kappa shape index (κ3) is 4.13. The SMILES string of the molecule is CCOc1nc(C(=O)NCc2ccc(OC)cc2OC)cc(N)c1C#N. The van der Waals surface area contributed by atoms with Crippen LogP contribution in [0.4, 0.5) is 5.69 Å². The molecule has 0 bridgehead atoms. The molecular weight excluding hydrogens is 336 g/mol. The maximum atomic E-state index is 12.4. The summed E-state index contributed by atoms with van der Waals surface area (Å²) in [6.45, 7) is 2.27. The highest BCUT2D eigenvalue weighted by Crippen LogP contribution is 2.25. The van der Waals surface area contributed by atoms with Crippen molar-refractivity contribution >= 4 is 11.6 Å². The molecule has 3 N–H and O–H groups in total. The first-order valence-corrected chi connectivity index (χ1v) is 7.86. The molecule has 1 aromatic heterocycles. The second-order valence-corrected chi connectivity index (χ2v) is 5.18.